The van der Waals surface area contributed by atoms with Gasteiger partial charge in [0.2, 0.25) is 0 Å². The topological polar surface area (TPSA) is 41.1 Å². The maximum absolute atomic E-state index is 11.7. The molecule has 0 aromatic carbocycles. The molecular weight excluding hydrogens is 200 g/mol. The maximum atomic E-state index is 11.7. The molecule has 2 N–H and O–H groups in total. The summed E-state index contributed by atoms with van der Waals surface area (Å²) in [5.41, 5.74) is 0.521. The van der Waals surface area contributed by atoms with Gasteiger partial charge in [-0.15, -0.1) is 0 Å². The van der Waals surface area contributed by atoms with E-state index in [1.807, 2.05) is 0 Å². The Hall–Kier alpha value is -0.730. The van der Waals surface area contributed by atoms with Gasteiger partial charge in [0, 0.05) is 12.6 Å². The highest BCUT2D eigenvalue weighted by molar-refractivity contribution is 5.74. The Bertz CT molecular complexity index is 276. The van der Waals surface area contributed by atoms with E-state index in [9.17, 15) is 4.79 Å². The van der Waals surface area contributed by atoms with Gasteiger partial charge in [0.05, 0.1) is 0 Å². The molecule has 16 heavy (non-hydrogen) atoms. The Morgan fingerprint density at radius 1 is 1.12 bits per heavy atom. The van der Waals surface area contributed by atoms with Gasteiger partial charge in [-0.2, -0.15) is 0 Å². The Labute approximate surface area is 97.4 Å². The molecule has 0 heterocycles. The largest absolute Gasteiger partial charge is 0.338 e. The lowest BCUT2D eigenvalue weighted by atomic mass is 10.0. The Morgan fingerprint density at radius 3 is 2.38 bits per heavy atom. The van der Waals surface area contributed by atoms with Crippen molar-refractivity contribution < 1.29 is 4.79 Å². The van der Waals surface area contributed by atoms with E-state index >= 15 is 0 Å². The van der Waals surface area contributed by atoms with Crippen LogP contribution in [0.1, 0.15) is 51.4 Å². The van der Waals surface area contributed by atoms with Crippen molar-refractivity contribution in [3.63, 3.8) is 0 Å². The summed E-state index contributed by atoms with van der Waals surface area (Å²) in [6.45, 7) is 0.913. The molecule has 0 atom stereocenters. The zero-order valence-corrected chi connectivity index (χ0v) is 9.93. The maximum Gasteiger partial charge on any atom is 0.315 e. The summed E-state index contributed by atoms with van der Waals surface area (Å²) in [7, 11) is 0. The lowest BCUT2D eigenvalue weighted by Gasteiger charge is -2.17. The molecule has 3 aliphatic carbocycles. The number of urea groups is 1. The first-order valence-corrected chi connectivity index (χ1v) is 6.83. The highest BCUT2D eigenvalue weighted by Gasteiger charge is 2.53. The molecule has 90 valence electrons. The summed E-state index contributed by atoms with van der Waals surface area (Å²) >= 11 is 0. The smallest absolute Gasteiger partial charge is 0.315 e. The summed E-state index contributed by atoms with van der Waals surface area (Å²) < 4.78 is 0. The molecule has 0 spiro atoms. The van der Waals surface area contributed by atoms with Crippen molar-refractivity contribution in [1.29, 1.82) is 0 Å². The van der Waals surface area contributed by atoms with Crippen LogP contribution in [0.5, 0.6) is 0 Å². The third kappa shape index (κ3) is 2.18. The Morgan fingerprint density at radius 2 is 1.81 bits per heavy atom. The van der Waals surface area contributed by atoms with Crippen molar-refractivity contribution in [1.82, 2.24) is 10.6 Å². The van der Waals surface area contributed by atoms with Gasteiger partial charge in [-0.3, -0.25) is 0 Å². The Balaban J connectivity index is 1.39. The monoisotopic (exact) mass is 222 g/mol. The van der Waals surface area contributed by atoms with Crippen LogP contribution in [0.2, 0.25) is 0 Å². The first-order valence-electron chi connectivity index (χ1n) is 6.83. The van der Waals surface area contributed by atoms with Crippen LogP contribution in [0, 0.1) is 11.3 Å². The van der Waals surface area contributed by atoms with Gasteiger partial charge in [-0.25, -0.2) is 4.79 Å². The number of nitrogens with one attached hydrogen (secondary N) is 2. The van der Waals surface area contributed by atoms with Crippen LogP contribution in [-0.2, 0) is 0 Å². The highest BCUT2D eigenvalue weighted by Crippen LogP contribution is 2.60. The molecular formula is C13H22N2O. The summed E-state index contributed by atoms with van der Waals surface area (Å²) in [5.74, 6) is 0.930. The molecule has 0 saturated heterocycles. The molecule has 0 aromatic rings. The molecule has 3 aliphatic rings. The fraction of sp³-hybridized carbons (Fsp3) is 0.923. The van der Waals surface area contributed by atoms with E-state index in [1.165, 1.54) is 51.4 Å². The zero-order valence-electron chi connectivity index (χ0n) is 9.93. The second-order valence-corrected chi connectivity index (χ2v) is 5.95. The van der Waals surface area contributed by atoms with Gasteiger partial charge in [0.25, 0.3) is 0 Å². The standard InChI is InChI=1S/C13H22N2O/c16-12(15-11-3-1-2-4-11)14-9-13(7-8-13)10-5-6-10/h10-11H,1-9H2,(H2,14,15,16). The van der Waals surface area contributed by atoms with Crippen LogP contribution in [0.4, 0.5) is 4.79 Å². The third-order valence-electron chi connectivity index (χ3n) is 4.63. The second-order valence-electron chi connectivity index (χ2n) is 5.95. The summed E-state index contributed by atoms with van der Waals surface area (Å²) in [5, 5.41) is 6.17. The van der Waals surface area contributed by atoms with Crippen LogP contribution in [-0.4, -0.2) is 18.6 Å². The zero-order chi connectivity index (χ0) is 11.0. The fourth-order valence-electron chi connectivity index (χ4n) is 3.15. The van der Waals surface area contributed by atoms with Gasteiger partial charge >= 0.3 is 6.03 Å². The predicted molar refractivity (Wildman–Crippen MR) is 63.2 cm³/mol. The van der Waals surface area contributed by atoms with E-state index in [-0.39, 0.29) is 6.03 Å². The lowest BCUT2D eigenvalue weighted by Crippen LogP contribution is -2.43. The van der Waals surface area contributed by atoms with Gasteiger partial charge < -0.3 is 10.6 Å². The van der Waals surface area contributed by atoms with Gasteiger partial charge in [-0.1, -0.05) is 12.8 Å². The number of carbonyl (C=O) groups is 1. The molecule has 0 unspecified atom stereocenters. The molecule has 0 bridgehead atoms. The van der Waals surface area contributed by atoms with E-state index in [2.05, 4.69) is 10.6 Å². The number of hydrogen-bond acceptors (Lipinski definition) is 1. The molecule has 0 aliphatic heterocycles. The average Bonchev–Trinajstić information content (AvgIpc) is 3.16. The van der Waals surface area contributed by atoms with Crippen LogP contribution < -0.4 is 10.6 Å². The van der Waals surface area contributed by atoms with Crippen molar-refractivity contribution in [3.05, 3.63) is 0 Å². The molecule has 3 nitrogen and oxygen atoms in total. The second kappa shape index (κ2) is 3.94. The van der Waals surface area contributed by atoms with Crippen LogP contribution >= 0.6 is 0 Å². The predicted octanol–water partition coefficient (Wildman–Crippen LogP) is 2.42. The molecule has 3 saturated carbocycles. The normalized spacial score (nSPS) is 27.8. The number of hydrogen-bond donors (Lipinski definition) is 2. The molecule has 3 rings (SSSR count). The first-order chi connectivity index (χ1) is 7.78. The van der Waals surface area contributed by atoms with Crippen molar-refractivity contribution in [2.75, 3.05) is 6.54 Å². The van der Waals surface area contributed by atoms with E-state index in [0.717, 1.165) is 12.5 Å². The number of rotatable bonds is 4. The quantitative estimate of drug-likeness (QED) is 0.753. The number of carbonyl (C=O) groups excluding carboxylic acids is 1. The van der Waals surface area contributed by atoms with Crippen molar-refractivity contribution >= 4 is 6.03 Å². The van der Waals surface area contributed by atoms with Crippen molar-refractivity contribution in [2.45, 2.75) is 57.4 Å². The van der Waals surface area contributed by atoms with Gasteiger partial charge in [0.1, 0.15) is 0 Å². The van der Waals surface area contributed by atoms with Crippen LogP contribution in [0.15, 0.2) is 0 Å². The Kier molecular flexibility index (Phi) is 2.56. The molecule has 0 aromatic heterocycles. The SMILES string of the molecule is O=C(NCC1(C2CC2)CC1)NC1CCCC1. The lowest BCUT2D eigenvalue weighted by molar-refractivity contribution is 0.233. The minimum atomic E-state index is 0.0684. The van der Waals surface area contributed by atoms with E-state index in [4.69, 9.17) is 0 Å². The molecule has 2 amide bonds. The minimum Gasteiger partial charge on any atom is -0.338 e. The summed E-state index contributed by atoms with van der Waals surface area (Å²) in [6.07, 6.45) is 10.3. The van der Waals surface area contributed by atoms with Crippen LogP contribution in [0.25, 0.3) is 0 Å². The molecule has 3 fully saturated rings. The summed E-state index contributed by atoms with van der Waals surface area (Å²) in [6, 6.07) is 0.509. The van der Waals surface area contributed by atoms with E-state index in [1.54, 1.807) is 0 Å². The van der Waals surface area contributed by atoms with Gasteiger partial charge in [-0.05, 0) is 49.9 Å². The van der Waals surface area contributed by atoms with Gasteiger partial charge in [0.15, 0.2) is 0 Å². The summed E-state index contributed by atoms with van der Waals surface area (Å²) in [4.78, 5) is 11.7. The first kappa shape index (κ1) is 10.4. The minimum absolute atomic E-state index is 0.0684. The van der Waals surface area contributed by atoms with E-state index < -0.39 is 0 Å². The van der Waals surface area contributed by atoms with Crippen LogP contribution in [0.3, 0.4) is 0 Å². The third-order valence-corrected chi connectivity index (χ3v) is 4.63. The molecule has 3 heteroatoms. The number of amides is 2. The van der Waals surface area contributed by atoms with Crippen molar-refractivity contribution in [3.8, 4) is 0 Å². The molecule has 0 radical (unpaired) electrons. The average molecular weight is 222 g/mol. The van der Waals surface area contributed by atoms with E-state index in [0.29, 0.717) is 11.5 Å². The highest BCUT2D eigenvalue weighted by atomic mass is 16.2. The fourth-order valence-corrected chi connectivity index (χ4v) is 3.15. The van der Waals surface area contributed by atoms with Crippen molar-refractivity contribution in [2.24, 2.45) is 11.3 Å².